The Bertz CT molecular complexity index is 624. The van der Waals surface area contributed by atoms with Gasteiger partial charge in [0.1, 0.15) is 18.8 Å². The van der Waals surface area contributed by atoms with Crippen LogP contribution in [0.1, 0.15) is 17.2 Å². The minimum Gasteiger partial charge on any atom is -0.445 e. The molecular weight excluding hydrogens is 305 g/mol. The van der Waals surface area contributed by atoms with Crippen LogP contribution >= 0.6 is 0 Å². The van der Waals surface area contributed by atoms with Gasteiger partial charge in [-0.1, -0.05) is 30.3 Å². The van der Waals surface area contributed by atoms with Gasteiger partial charge in [-0.05, 0) is 5.56 Å². The second-order valence-corrected chi connectivity index (χ2v) is 4.74. The zero-order chi connectivity index (χ0) is 16.7. The zero-order valence-corrected chi connectivity index (χ0v) is 12.1. The molecule has 3 N–H and O–H groups in total. The van der Waals surface area contributed by atoms with Crippen molar-refractivity contribution in [2.75, 3.05) is 6.54 Å². The van der Waals surface area contributed by atoms with Crippen LogP contribution in [0.15, 0.2) is 42.7 Å². The Hall–Kier alpha value is -2.58. The Morgan fingerprint density at radius 1 is 1.22 bits per heavy atom. The highest BCUT2D eigenvalue weighted by atomic mass is 19.1. The molecule has 0 radical (unpaired) electrons. The fourth-order valence-electron chi connectivity index (χ4n) is 1.77. The first-order chi connectivity index (χ1) is 11.1. The van der Waals surface area contributed by atoms with E-state index < -0.39 is 24.4 Å². The quantitative estimate of drug-likeness (QED) is 0.684. The van der Waals surface area contributed by atoms with Gasteiger partial charge in [0, 0.05) is 24.5 Å². The van der Waals surface area contributed by atoms with E-state index in [1.165, 1.54) is 0 Å². The number of amides is 1. The van der Waals surface area contributed by atoms with Crippen LogP contribution < -0.4 is 5.32 Å². The zero-order valence-electron chi connectivity index (χ0n) is 12.1. The van der Waals surface area contributed by atoms with Crippen LogP contribution in [0, 0.1) is 6.08 Å². The predicted molar refractivity (Wildman–Crippen MR) is 77.6 cm³/mol. The van der Waals surface area contributed by atoms with Gasteiger partial charge in [0.2, 0.25) is 0 Å². The maximum Gasteiger partial charge on any atom is 0.407 e. The number of hydrogen-bond donors (Lipinski definition) is 3. The van der Waals surface area contributed by atoms with E-state index in [4.69, 9.17) is 4.74 Å². The lowest BCUT2D eigenvalue weighted by Gasteiger charge is -2.18. The first-order valence-corrected chi connectivity index (χ1v) is 6.84. The number of rotatable bonds is 6. The monoisotopic (exact) mass is 321 g/mol. The van der Waals surface area contributed by atoms with E-state index in [2.05, 4.69) is 15.3 Å². The molecule has 1 aromatic heterocycles. The average Bonchev–Trinajstić information content (AvgIpc) is 2.58. The summed E-state index contributed by atoms with van der Waals surface area (Å²) in [6.07, 6.45) is -2.21. The van der Waals surface area contributed by atoms with Crippen molar-refractivity contribution in [2.24, 2.45) is 0 Å². The molecule has 2 aromatic rings. The van der Waals surface area contributed by atoms with E-state index in [-0.39, 0.29) is 18.7 Å². The molecule has 2 unspecified atom stereocenters. The Balaban J connectivity index is 1.75. The highest BCUT2D eigenvalue weighted by Gasteiger charge is 2.20. The summed E-state index contributed by atoms with van der Waals surface area (Å²) in [4.78, 5) is 18.1. The fourth-order valence-corrected chi connectivity index (χ4v) is 1.77. The number of nitrogens with one attached hydrogen (secondary N) is 1. The molecule has 0 aliphatic heterocycles. The van der Waals surface area contributed by atoms with E-state index in [0.717, 1.165) is 18.0 Å². The average molecular weight is 321 g/mol. The summed E-state index contributed by atoms with van der Waals surface area (Å²) in [5, 5.41) is 22.0. The predicted octanol–water partition coefficient (Wildman–Crippen LogP) is 0.936. The van der Waals surface area contributed by atoms with E-state index >= 15 is 0 Å². The molecule has 2 rings (SSSR count). The van der Waals surface area contributed by atoms with Crippen molar-refractivity contribution in [1.29, 1.82) is 0 Å². The Kier molecular flexibility index (Phi) is 5.95. The van der Waals surface area contributed by atoms with Crippen LogP contribution in [0.4, 0.5) is 9.18 Å². The Morgan fingerprint density at radius 2 is 1.87 bits per heavy atom. The van der Waals surface area contributed by atoms with Crippen LogP contribution in [-0.2, 0) is 11.3 Å². The lowest BCUT2D eigenvalue weighted by atomic mass is 10.1. The van der Waals surface area contributed by atoms with Gasteiger partial charge in [0.25, 0.3) is 0 Å². The fraction of sp³-hybridized carbons (Fsp3) is 0.267. The topological polar surface area (TPSA) is 105 Å². The number of aliphatic hydroxyl groups excluding tert-OH is 2. The molecule has 0 aliphatic rings. The molecule has 0 saturated carbocycles. The maximum atomic E-state index is 12.6. The summed E-state index contributed by atoms with van der Waals surface area (Å²) in [5.41, 5.74) is 0.963. The Morgan fingerprint density at radius 3 is 2.52 bits per heavy atom. The van der Waals surface area contributed by atoms with Crippen LogP contribution in [-0.4, -0.2) is 38.9 Å². The molecule has 8 heteroatoms. The smallest absolute Gasteiger partial charge is 0.407 e. The van der Waals surface area contributed by atoms with Crippen molar-refractivity contribution >= 4 is 6.09 Å². The summed E-state index contributed by atoms with van der Waals surface area (Å²) in [5.74, 6) is 0. The highest BCUT2D eigenvalue weighted by Crippen LogP contribution is 2.14. The molecular formula is C15H16FN3O4. The Labute approximate surface area is 131 Å². The standard InChI is InChI=1S/C15H16FN3O4/c16-14-17-6-11(7-18-14)13(21)12(20)8-19-15(22)23-9-10-4-2-1-3-5-10/h1-7,12-13,20-21H,8-9H2,(H,19,22). The number of hydrogen-bond acceptors (Lipinski definition) is 6. The minimum atomic E-state index is -1.36. The molecule has 1 heterocycles. The highest BCUT2D eigenvalue weighted by molar-refractivity contribution is 5.67. The second-order valence-electron chi connectivity index (χ2n) is 4.74. The molecule has 0 aliphatic carbocycles. The van der Waals surface area contributed by atoms with Crippen molar-refractivity contribution in [3.05, 3.63) is 59.9 Å². The number of nitrogens with zero attached hydrogens (tertiary/aromatic N) is 2. The van der Waals surface area contributed by atoms with Crippen LogP contribution in [0.2, 0.25) is 0 Å². The molecule has 122 valence electrons. The molecule has 0 bridgehead atoms. The third-order valence-electron chi connectivity index (χ3n) is 3.01. The number of benzene rings is 1. The van der Waals surface area contributed by atoms with Gasteiger partial charge < -0.3 is 20.3 Å². The van der Waals surface area contributed by atoms with Gasteiger partial charge in [-0.15, -0.1) is 0 Å². The largest absolute Gasteiger partial charge is 0.445 e. The number of alkyl carbamates (subject to hydrolysis) is 1. The molecule has 7 nitrogen and oxygen atoms in total. The van der Waals surface area contributed by atoms with Crippen LogP contribution in [0.5, 0.6) is 0 Å². The summed E-state index contributed by atoms with van der Waals surface area (Å²) in [6, 6.07) is 9.10. The third kappa shape index (κ3) is 5.28. The molecule has 0 fully saturated rings. The second kappa shape index (κ2) is 8.16. The van der Waals surface area contributed by atoms with Gasteiger partial charge in [0.05, 0.1) is 0 Å². The van der Waals surface area contributed by atoms with Crippen molar-refractivity contribution in [2.45, 2.75) is 18.8 Å². The number of halogens is 1. The van der Waals surface area contributed by atoms with Crippen molar-refractivity contribution in [3.8, 4) is 0 Å². The maximum absolute atomic E-state index is 12.6. The SMILES string of the molecule is O=C(NCC(O)C(O)c1cnc(F)nc1)OCc1ccccc1. The lowest BCUT2D eigenvalue weighted by molar-refractivity contribution is 0.0179. The lowest BCUT2D eigenvalue weighted by Crippen LogP contribution is -2.35. The van der Waals surface area contributed by atoms with E-state index in [1.54, 1.807) is 12.1 Å². The van der Waals surface area contributed by atoms with Crippen LogP contribution in [0.25, 0.3) is 0 Å². The number of carbonyl (C=O) groups excluding carboxylic acids is 1. The third-order valence-corrected chi connectivity index (χ3v) is 3.01. The van der Waals surface area contributed by atoms with Gasteiger partial charge in [0.15, 0.2) is 0 Å². The number of ether oxygens (including phenoxy) is 1. The minimum absolute atomic E-state index is 0.0944. The van der Waals surface area contributed by atoms with E-state index in [9.17, 15) is 19.4 Å². The first kappa shape index (κ1) is 16.8. The number of aliphatic hydroxyl groups is 2. The molecule has 1 amide bonds. The van der Waals surface area contributed by atoms with Crippen LogP contribution in [0.3, 0.4) is 0 Å². The normalized spacial score (nSPS) is 13.2. The van der Waals surface area contributed by atoms with Gasteiger partial charge in [-0.25, -0.2) is 14.8 Å². The van der Waals surface area contributed by atoms with Gasteiger partial charge in [-0.2, -0.15) is 4.39 Å². The van der Waals surface area contributed by atoms with Crippen molar-refractivity contribution in [1.82, 2.24) is 15.3 Å². The molecule has 2 atom stereocenters. The summed E-state index contributed by atoms with van der Waals surface area (Å²) in [7, 11) is 0. The van der Waals surface area contributed by atoms with Gasteiger partial charge in [-0.3, -0.25) is 0 Å². The number of aromatic nitrogens is 2. The van der Waals surface area contributed by atoms with E-state index in [0.29, 0.717) is 0 Å². The molecule has 1 aromatic carbocycles. The first-order valence-electron chi connectivity index (χ1n) is 6.84. The van der Waals surface area contributed by atoms with Crippen molar-refractivity contribution in [3.63, 3.8) is 0 Å². The summed E-state index contributed by atoms with van der Waals surface area (Å²) >= 11 is 0. The van der Waals surface area contributed by atoms with E-state index in [1.807, 2.05) is 18.2 Å². The van der Waals surface area contributed by atoms with Gasteiger partial charge >= 0.3 is 12.2 Å². The summed E-state index contributed by atoms with van der Waals surface area (Å²) < 4.78 is 17.6. The molecule has 0 spiro atoms. The number of carbonyl (C=O) groups is 1. The van der Waals surface area contributed by atoms with Crippen molar-refractivity contribution < 1.29 is 24.1 Å². The molecule has 0 saturated heterocycles. The molecule has 23 heavy (non-hydrogen) atoms. The summed E-state index contributed by atoms with van der Waals surface area (Å²) in [6.45, 7) is -0.150.